The number of alkyl halides is 6. The van der Waals surface area contributed by atoms with Crippen LogP contribution in [0.4, 0.5) is 36.8 Å². The van der Waals surface area contributed by atoms with Crippen molar-refractivity contribution in [3.05, 3.63) is 45.4 Å². The highest BCUT2D eigenvalue weighted by Gasteiger charge is 2.38. The molecule has 3 rings (SSSR count). The van der Waals surface area contributed by atoms with Gasteiger partial charge in [0.05, 0.1) is 35.8 Å². The molecule has 0 aliphatic carbocycles. The van der Waals surface area contributed by atoms with Gasteiger partial charge in [-0.25, -0.2) is 9.78 Å². The fraction of sp³-hybridized carbons (Fsp3) is 0.350. The van der Waals surface area contributed by atoms with E-state index in [1.54, 1.807) is 6.92 Å². The Hall–Kier alpha value is -3.43. The van der Waals surface area contributed by atoms with Crippen molar-refractivity contribution in [3.63, 3.8) is 0 Å². The van der Waals surface area contributed by atoms with Crippen molar-refractivity contribution >= 4 is 27.6 Å². The van der Waals surface area contributed by atoms with Gasteiger partial charge in [0.1, 0.15) is 4.47 Å². The number of hydrogen-bond donors (Lipinski definition) is 2. The molecule has 0 bridgehead atoms. The monoisotopic (exact) mass is 581 g/mol. The Morgan fingerprint density at radius 1 is 1.14 bits per heavy atom. The summed E-state index contributed by atoms with van der Waals surface area (Å²) in [4.78, 5) is 15.7. The summed E-state index contributed by atoms with van der Waals surface area (Å²) in [7, 11) is 1.34. The molecule has 0 aromatic carbocycles. The number of hydrogen-bond acceptors (Lipinski definition) is 6. The van der Waals surface area contributed by atoms with E-state index >= 15 is 0 Å². The van der Waals surface area contributed by atoms with Crippen LogP contribution in [-0.2, 0) is 25.9 Å². The van der Waals surface area contributed by atoms with E-state index in [1.165, 1.54) is 26.2 Å². The largest absolute Gasteiger partial charge is 0.477 e. The molecule has 9 nitrogen and oxygen atoms in total. The van der Waals surface area contributed by atoms with Crippen molar-refractivity contribution in [3.8, 4) is 17.1 Å². The van der Waals surface area contributed by atoms with E-state index in [4.69, 9.17) is 4.74 Å². The van der Waals surface area contributed by atoms with E-state index in [2.05, 4.69) is 46.8 Å². The number of rotatable bonds is 6. The summed E-state index contributed by atoms with van der Waals surface area (Å²) in [5, 5.41) is 15.8. The summed E-state index contributed by atoms with van der Waals surface area (Å²) in [5.74, 6) is -0.353. The van der Waals surface area contributed by atoms with Crippen LogP contribution >= 0.6 is 15.9 Å². The van der Waals surface area contributed by atoms with Crippen LogP contribution in [0.3, 0.4) is 0 Å². The van der Waals surface area contributed by atoms with Gasteiger partial charge in [-0.3, -0.25) is 4.68 Å². The minimum Gasteiger partial charge on any atom is -0.477 e. The third-order valence-electron chi connectivity index (χ3n) is 4.56. The second-order valence-electron chi connectivity index (χ2n) is 7.34. The van der Waals surface area contributed by atoms with E-state index in [0.717, 1.165) is 4.68 Å². The standard InChI is InChI=1S/C20H18BrF6N7O2/c1-4-36-17-14(21)12(6-13(30-17)19(22,23)24)29-18(35)28-7-10-5-9(2)15(32-31-10)11-8-34(3)33-16(11)20(25,26)27/h5-6,8H,4,7H2,1-3H3,(H2,28,29,30,35). The molecule has 36 heavy (non-hydrogen) atoms. The Bertz CT molecular complexity index is 1280. The maximum atomic E-state index is 13.3. The molecule has 194 valence electrons. The van der Waals surface area contributed by atoms with Crippen LogP contribution in [0, 0.1) is 6.92 Å². The molecule has 3 heterocycles. The van der Waals surface area contributed by atoms with Gasteiger partial charge < -0.3 is 15.4 Å². The number of amides is 2. The first kappa shape index (κ1) is 27.2. The molecule has 3 aromatic heterocycles. The SMILES string of the molecule is CCOc1nc(C(F)(F)F)cc(NC(=O)NCc2cc(C)c(-c3cn(C)nc3C(F)(F)F)nn2)c1Br. The first-order chi connectivity index (χ1) is 16.7. The molecule has 0 unspecified atom stereocenters. The fourth-order valence-corrected chi connectivity index (χ4v) is 3.49. The van der Waals surface area contributed by atoms with Crippen LogP contribution in [0.2, 0.25) is 0 Å². The molecule has 2 N–H and O–H groups in total. The minimum atomic E-state index is -4.78. The number of nitrogens with zero attached hydrogens (tertiary/aromatic N) is 5. The van der Waals surface area contributed by atoms with E-state index in [9.17, 15) is 31.1 Å². The maximum Gasteiger partial charge on any atom is 0.435 e. The first-order valence-electron chi connectivity index (χ1n) is 10.1. The van der Waals surface area contributed by atoms with Crippen molar-refractivity contribution in [2.45, 2.75) is 32.7 Å². The average molecular weight is 582 g/mol. The van der Waals surface area contributed by atoms with Crippen LogP contribution < -0.4 is 15.4 Å². The molecular weight excluding hydrogens is 564 g/mol. The predicted octanol–water partition coefficient (Wildman–Crippen LogP) is 5.10. The zero-order chi connectivity index (χ0) is 26.8. The zero-order valence-electron chi connectivity index (χ0n) is 18.8. The lowest BCUT2D eigenvalue weighted by atomic mass is 10.1. The van der Waals surface area contributed by atoms with Crippen LogP contribution in [0.5, 0.6) is 5.88 Å². The predicted molar refractivity (Wildman–Crippen MR) is 118 cm³/mol. The normalized spacial score (nSPS) is 11.9. The molecular formula is C20H18BrF6N7O2. The Kier molecular flexibility index (Phi) is 7.76. The Morgan fingerprint density at radius 2 is 1.83 bits per heavy atom. The Labute approximate surface area is 208 Å². The van der Waals surface area contributed by atoms with Crippen LogP contribution in [0.15, 0.2) is 22.8 Å². The number of carbonyl (C=O) groups excluding carboxylic acids is 1. The molecule has 0 radical (unpaired) electrons. The third kappa shape index (κ3) is 6.22. The second kappa shape index (κ2) is 10.3. The number of nitrogens with one attached hydrogen (secondary N) is 2. The van der Waals surface area contributed by atoms with Gasteiger partial charge in [0.2, 0.25) is 5.88 Å². The average Bonchev–Trinajstić information content (AvgIpc) is 3.16. The van der Waals surface area contributed by atoms with Gasteiger partial charge >= 0.3 is 18.4 Å². The molecule has 3 aromatic rings. The highest BCUT2D eigenvalue weighted by molar-refractivity contribution is 9.10. The van der Waals surface area contributed by atoms with E-state index in [-0.39, 0.29) is 46.1 Å². The summed E-state index contributed by atoms with van der Waals surface area (Å²) in [6, 6.07) is 1.18. The van der Waals surface area contributed by atoms with E-state index in [0.29, 0.717) is 11.6 Å². The van der Waals surface area contributed by atoms with E-state index < -0.39 is 29.8 Å². The fourth-order valence-electron chi connectivity index (χ4n) is 3.08. The van der Waals surface area contributed by atoms with Gasteiger partial charge in [-0.2, -0.15) is 36.5 Å². The molecule has 0 spiro atoms. The zero-order valence-corrected chi connectivity index (χ0v) is 20.4. The van der Waals surface area contributed by atoms with Gasteiger partial charge in [-0.1, -0.05) is 0 Å². The molecule has 0 atom stereocenters. The molecule has 2 amide bonds. The quantitative estimate of drug-likeness (QED) is 0.392. The number of carbonyl (C=O) groups is 1. The van der Waals surface area contributed by atoms with Crippen molar-refractivity contribution in [2.75, 3.05) is 11.9 Å². The van der Waals surface area contributed by atoms with Crippen molar-refractivity contribution in [1.29, 1.82) is 0 Å². The maximum absolute atomic E-state index is 13.3. The lowest BCUT2D eigenvalue weighted by molar-refractivity contribution is -0.142. The molecule has 0 saturated heterocycles. The van der Waals surface area contributed by atoms with Gasteiger partial charge in [0.15, 0.2) is 11.4 Å². The van der Waals surface area contributed by atoms with Gasteiger partial charge in [-0.15, -0.1) is 5.10 Å². The smallest absolute Gasteiger partial charge is 0.435 e. The summed E-state index contributed by atoms with van der Waals surface area (Å²) in [6.45, 7) is 2.89. The summed E-state index contributed by atoms with van der Waals surface area (Å²) in [6.07, 6.45) is -8.31. The summed E-state index contributed by atoms with van der Waals surface area (Å²) < 4.78 is 85.4. The number of urea groups is 1. The number of aryl methyl sites for hydroxylation is 2. The summed E-state index contributed by atoms with van der Waals surface area (Å²) >= 11 is 3.06. The number of halogens is 7. The van der Waals surface area contributed by atoms with Crippen molar-refractivity contribution < 1.29 is 35.9 Å². The van der Waals surface area contributed by atoms with Gasteiger partial charge in [-0.05, 0) is 47.5 Å². The first-order valence-corrected chi connectivity index (χ1v) is 10.9. The lowest BCUT2D eigenvalue weighted by Crippen LogP contribution is -2.29. The lowest BCUT2D eigenvalue weighted by Gasteiger charge is -2.15. The number of anilines is 1. The minimum absolute atomic E-state index is 0.00410. The van der Waals surface area contributed by atoms with Crippen LogP contribution in [0.25, 0.3) is 11.3 Å². The van der Waals surface area contributed by atoms with Crippen molar-refractivity contribution in [1.82, 2.24) is 30.3 Å². The summed E-state index contributed by atoms with van der Waals surface area (Å²) in [5.41, 5.74) is -2.37. The van der Waals surface area contributed by atoms with Crippen LogP contribution in [-0.4, -0.2) is 37.6 Å². The number of aromatic nitrogens is 5. The Morgan fingerprint density at radius 3 is 2.42 bits per heavy atom. The van der Waals surface area contributed by atoms with E-state index in [1.807, 2.05) is 0 Å². The highest BCUT2D eigenvalue weighted by Crippen LogP contribution is 2.38. The molecule has 0 aliphatic heterocycles. The number of pyridine rings is 1. The third-order valence-corrected chi connectivity index (χ3v) is 5.33. The number of ether oxygens (including phenoxy) is 1. The second-order valence-corrected chi connectivity index (χ2v) is 8.14. The van der Waals surface area contributed by atoms with Gasteiger partial charge in [0, 0.05) is 13.2 Å². The Balaban J connectivity index is 1.76. The molecule has 0 aliphatic rings. The molecule has 0 saturated carbocycles. The van der Waals surface area contributed by atoms with Gasteiger partial charge in [0.25, 0.3) is 0 Å². The molecule has 0 fully saturated rings. The topological polar surface area (TPSA) is 107 Å². The van der Waals surface area contributed by atoms with Crippen LogP contribution in [0.1, 0.15) is 29.6 Å². The highest BCUT2D eigenvalue weighted by atomic mass is 79.9. The molecule has 16 heteroatoms. The van der Waals surface area contributed by atoms with Crippen molar-refractivity contribution in [2.24, 2.45) is 7.05 Å².